The van der Waals surface area contributed by atoms with E-state index in [-0.39, 0.29) is 11.0 Å². The number of thioether (sulfide) groups is 1. The minimum Gasteiger partial charge on any atom is -0.353 e. The van der Waals surface area contributed by atoms with Gasteiger partial charge < -0.3 is 5.32 Å². The Balaban J connectivity index is 2.15. The number of carbonyl (C=O) groups is 2. The van der Waals surface area contributed by atoms with E-state index in [2.05, 4.69) is 12.2 Å². The van der Waals surface area contributed by atoms with Crippen LogP contribution in [-0.2, 0) is 4.79 Å². The Bertz CT molecular complexity index is 509. The van der Waals surface area contributed by atoms with E-state index >= 15 is 0 Å². The van der Waals surface area contributed by atoms with Crippen LogP contribution in [0, 0.1) is 6.92 Å². The molecule has 0 unspecified atom stereocenters. The zero-order chi connectivity index (χ0) is 16.9. The number of rotatable bonds is 10. The maximum Gasteiger partial charge on any atom is 0.244 e. The lowest BCUT2D eigenvalue weighted by atomic mass is 10.1. The van der Waals surface area contributed by atoms with Crippen LogP contribution >= 0.6 is 11.8 Å². The highest BCUT2D eigenvalue weighted by Gasteiger charge is 2.04. The smallest absolute Gasteiger partial charge is 0.244 e. The van der Waals surface area contributed by atoms with E-state index in [0.29, 0.717) is 12.1 Å². The van der Waals surface area contributed by atoms with Crippen molar-refractivity contribution >= 4 is 22.8 Å². The number of nitrogens with one attached hydrogen (secondary N) is 1. The zero-order valence-corrected chi connectivity index (χ0v) is 15.0. The number of amides is 1. The summed E-state index contributed by atoms with van der Waals surface area (Å²) in [6, 6.07) is 7.42. The first-order valence-corrected chi connectivity index (χ1v) is 9.23. The van der Waals surface area contributed by atoms with E-state index in [1.54, 1.807) is 17.5 Å². The number of benzene rings is 1. The lowest BCUT2D eigenvalue weighted by Crippen LogP contribution is -2.21. The highest BCUT2D eigenvalue weighted by molar-refractivity contribution is 8.16. The molecule has 1 aromatic rings. The first-order chi connectivity index (χ1) is 11.1. The minimum atomic E-state index is -0.136. The van der Waals surface area contributed by atoms with E-state index < -0.39 is 0 Å². The monoisotopic (exact) mass is 333 g/mol. The standard InChI is InChI=1S/C19H27NO2S/c1-3-4-5-6-7-8-14-20-18(21)13-15-23-19(22)17-11-9-16(2)10-12-17/h9-13,15H,3-8,14H2,1-2H3,(H,20,21)/b15-13-. The van der Waals surface area contributed by atoms with Crippen LogP contribution in [0.15, 0.2) is 35.7 Å². The fourth-order valence-corrected chi connectivity index (χ4v) is 2.68. The van der Waals surface area contributed by atoms with E-state index in [0.717, 1.165) is 30.2 Å². The normalized spacial score (nSPS) is 10.9. The molecule has 0 saturated heterocycles. The van der Waals surface area contributed by atoms with Crippen molar-refractivity contribution in [1.82, 2.24) is 5.32 Å². The average molecular weight is 333 g/mol. The summed E-state index contributed by atoms with van der Waals surface area (Å²) in [6.07, 6.45) is 8.65. The molecule has 0 aliphatic carbocycles. The predicted octanol–water partition coefficient (Wildman–Crippen LogP) is 4.86. The van der Waals surface area contributed by atoms with Crippen LogP contribution in [0.5, 0.6) is 0 Å². The fraction of sp³-hybridized carbons (Fsp3) is 0.474. The van der Waals surface area contributed by atoms with E-state index in [1.165, 1.54) is 31.8 Å². The van der Waals surface area contributed by atoms with Gasteiger partial charge in [0.05, 0.1) is 0 Å². The summed E-state index contributed by atoms with van der Waals surface area (Å²) in [4.78, 5) is 23.5. The first-order valence-electron chi connectivity index (χ1n) is 8.35. The summed E-state index contributed by atoms with van der Waals surface area (Å²) in [7, 11) is 0. The lowest BCUT2D eigenvalue weighted by molar-refractivity contribution is -0.116. The number of unbranched alkanes of at least 4 members (excludes halogenated alkanes) is 5. The molecule has 0 bridgehead atoms. The summed E-state index contributed by atoms with van der Waals surface area (Å²) in [5, 5.41) is 4.35. The maximum atomic E-state index is 11.9. The molecule has 0 saturated carbocycles. The van der Waals surface area contributed by atoms with Gasteiger partial charge in [0.2, 0.25) is 11.0 Å². The van der Waals surface area contributed by atoms with Crippen molar-refractivity contribution in [3.05, 3.63) is 46.9 Å². The number of carbonyl (C=O) groups excluding carboxylic acids is 2. The number of hydrogen-bond acceptors (Lipinski definition) is 3. The molecule has 0 aliphatic heterocycles. The Morgan fingerprint density at radius 2 is 1.70 bits per heavy atom. The largest absolute Gasteiger partial charge is 0.353 e. The summed E-state index contributed by atoms with van der Waals surface area (Å²) in [6.45, 7) is 4.88. The van der Waals surface area contributed by atoms with Crippen molar-refractivity contribution in [2.45, 2.75) is 52.4 Å². The third-order valence-corrected chi connectivity index (χ3v) is 4.23. The molecule has 126 valence electrons. The van der Waals surface area contributed by atoms with Crippen molar-refractivity contribution in [3.8, 4) is 0 Å². The Labute approximate surface area is 143 Å². The third-order valence-electron chi connectivity index (χ3n) is 3.51. The van der Waals surface area contributed by atoms with Crippen LogP contribution in [0.25, 0.3) is 0 Å². The second kappa shape index (κ2) is 11.9. The molecule has 0 fully saturated rings. The van der Waals surface area contributed by atoms with Gasteiger partial charge in [0.15, 0.2) is 0 Å². The average Bonchev–Trinajstić information content (AvgIpc) is 2.54. The molecule has 0 atom stereocenters. The van der Waals surface area contributed by atoms with Crippen LogP contribution in [0.3, 0.4) is 0 Å². The molecule has 1 rings (SSSR count). The molecule has 0 heterocycles. The molecule has 23 heavy (non-hydrogen) atoms. The molecule has 1 aromatic carbocycles. The second-order valence-electron chi connectivity index (χ2n) is 5.63. The molecular weight excluding hydrogens is 306 g/mol. The van der Waals surface area contributed by atoms with Gasteiger partial charge in [-0.15, -0.1) is 0 Å². The molecular formula is C19H27NO2S. The third kappa shape index (κ3) is 9.24. The van der Waals surface area contributed by atoms with Gasteiger partial charge in [-0.1, -0.05) is 80.6 Å². The number of aryl methyl sites for hydroxylation is 1. The predicted molar refractivity (Wildman–Crippen MR) is 98.6 cm³/mol. The lowest BCUT2D eigenvalue weighted by Gasteiger charge is -2.02. The topological polar surface area (TPSA) is 46.2 Å². The van der Waals surface area contributed by atoms with Crippen molar-refractivity contribution in [3.63, 3.8) is 0 Å². The molecule has 1 amide bonds. The first kappa shape index (κ1) is 19.5. The van der Waals surface area contributed by atoms with E-state index in [1.807, 2.05) is 19.1 Å². The molecule has 0 radical (unpaired) electrons. The number of hydrogen-bond donors (Lipinski definition) is 1. The van der Waals surface area contributed by atoms with E-state index in [4.69, 9.17) is 0 Å². The molecule has 0 aromatic heterocycles. The van der Waals surface area contributed by atoms with Gasteiger partial charge in [0.25, 0.3) is 0 Å². The molecule has 0 aliphatic rings. The van der Waals surface area contributed by atoms with Crippen LogP contribution in [-0.4, -0.2) is 17.6 Å². The van der Waals surface area contributed by atoms with Crippen LogP contribution in [0.4, 0.5) is 0 Å². The van der Waals surface area contributed by atoms with Crippen molar-refractivity contribution in [2.75, 3.05) is 6.54 Å². The van der Waals surface area contributed by atoms with Gasteiger partial charge in [-0.3, -0.25) is 9.59 Å². The SMILES string of the molecule is CCCCCCCCNC(=O)/C=C\SC(=O)c1ccc(C)cc1. The van der Waals surface area contributed by atoms with Gasteiger partial charge in [-0.2, -0.15) is 0 Å². The Hall–Kier alpha value is -1.55. The summed E-state index contributed by atoms with van der Waals surface area (Å²) in [5.74, 6) is -0.136. The Morgan fingerprint density at radius 1 is 1.04 bits per heavy atom. The van der Waals surface area contributed by atoms with Gasteiger partial charge in [-0.25, -0.2) is 0 Å². The second-order valence-corrected chi connectivity index (χ2v) is 6.51. The van der Waals surface area contributed by atoms with Crippen LogP contribution in [0.2, 0.25) is 0 Å². The zero-order valence-electron chi connectivity index (χ0n) is 14.1. The van der Waals surface area contributed by atoms with Crippen molar-refractivity contribution < 1.29 is 9.59 Å². The van der Waals surface area contributed by atoms with Gasteiger partial charge in [0, 0.05) is 18.2 Å². The van der Waals surface area contributed by atoms with E-state index in [9.17, 15) is 9.59 Å². The van der Waals surface area contributed by atoms with Gasteiger partial charge in [0.1, 0.15) is 0 Å². The van der Waals surface area contributed by atoms with Crippen LogP contribution < -0.4 is 5.32 Å². The molecule has 4 heteroatoms. The molecule has 1 N–H and O–H groups in total. The maximum absolute atomic E-state index is 11.9. The minimum absolute atomic E-state index is 0.0509. The fourth-order valence-electron chi connectivity index (χ4n) is 2.09. The highest BCUT2D eigenvalue weighted by Crippen LogP contribution is 2.14. The molecule has 0 spiro atoms. The molecule has 3 nitrogen and oxygen atoms in total. The summed E-state index contributed by atoms with van der Waals surface area (Å²) in [5.41, 5.74) is 1.77. The summed E-state index contributed by atoms with van der Waals surface area (Å²) < 4.78 is 0. The van der Waals surface area contributed by atoms with Crippen molar-refractivity contribution in [2.24, 2.45) is 0 Å². The van der Waals surface area contributed by atoms with Gasteiger partial charge >= 0.3 is 0 Å². The Kier molecular flexibility index (Phi) is 10.1. The van der Waals surface area contributed by atoms with Crippen molar-refractivity contribution in [1.29, 1.82) is 0 Å². The summed E-state index contributed by atoms with van der Waals surface area (Å²) >= 11 is 1.04. The Morgan fingerprint density at radius 3 is 2.39 bits per heavy atom. The quantitative estimate of drug-likeness (QED) is 0.491. The highest BCUT2D eigenvalue weighted by atomic mass is 32.2. The van der Waals surface area contributed by atoms with Crippen LogP contribution in [0.1, 0.15) is 61.4 Å². The van der Waals surface area contributed by atoms with Gasteiger partial charge in [-0.05, 0) is 18.8 Å².